The van der Waals surface area contributed by atoms with Crippen molar-refractivity contribution in [3.63, 3.8) is 0 Å². The zero-order valence-corrected chi connectivity index (χ0v) is 18.6. The van der Waals surface area contributed by atoms with Crippen LogP contribution in [0.25, 0.3) is 0 Å². The van der Waals surface area contributed by atoms with Crippen LogP contribution in [0, 0.1) is 13.8 Å². The third-order valence-corrected chi connectivity index (χ3v) is 5.82. The van der Waals surface area contributed by atoms with Gasteiger partial charge in [0.15, 0.2) is 11.0 Å². The minimum Gasteiger partial charge on any atom is -0.377 e. The van der Waals surface area contributed by atoms with Gasteiger partial charge >= 0.3 is 0 Å². The Labute approximate surface area is 185 Å². The van der Waals surface area contributed by atoms with E-state index in [4.69, 9.17) is 11.6 Å². The average Bonchev–Trinajstić information content (AvgIpc) is 3.09. The first-order chi connectivity index (χ1) is 14.5. The topological polar surface area (TPSA) is 71.8 Å². The molecule has 156 valence electrons. The number of thioether (sulfide) groups is 1. The number of allylic oxidation sites excluding steroid dienone is 1. The Morgan fingerprint density at radius 1 is 1.23 bits per heavy atom. The Kier molecular flexibility index (Phi) is 7.54. The molecule has 3 aromatic rings. The van der Waals surface area contributed by atoms with E-state index in [9.17, 15) is 4.79 Å². The SMILES string of the molecule is C=CCn1c(CNc2cccc(Cl)c2C)nnc1SCC(=O)Nc1cccc(C)c1. The van der Waals surface area contributed by atoms with Crippen LogP contribution in [-0.4, -0.2) is 26.4 Å². The summed E-state index contributed by atoms with van der Waals surface area (Å²) in [5.74, 6) is 0.910. The van der Waals surface area contributed by atoms with Crippen LogP contribution in [0.2, 0.25) is 5.02 Å². The quantitative estimate of drug-likeness (QED) is 0.358. The number of carbonyl (C=O) groups excluding carboxylic acids is 1. The molecule has 0 aliphatic heterocycles. The van der Waals surface area contributed by atoms with Crippen molar-refractivity contribution in [2.24, 2.45) is 0 Å². The Balaban J connectivity index is 1.64. The van der Waals surface area contributed by atoms with Gasteiger partial charge in [-0.15, -0.1) is 16.8 Å². The standard InChI is InChI=1S/C22H24ClN5OS/c1-4-11-28-20(13-24-19-10-6-9-18(23)16(19)3)26-27-22(28)30-14-21(29)25-17-8-5-7-15(2)12-17/h4-10,12,24H,1,11,13-14H2,2-3H3,(H,25,29). The molecule has 1 aromatic heterocycles. The maximum atomic E-state index is 12.3. The normalized spacial score (nSPS) is 10.6. The third kappa shape index (κ3) is 5.64. The van der Waals surface area contributed by atoms with Crippen molar-refractivity contribution in [3.8, 4) is 0 Å². The predicted octanol–water partition coefficient (Wildman–Crippen LogP) is 5.08. The van der Waals surface area contributed by atoms with Crippen LogP contribution in [0.4, 0.5) is 11.4 Å². The van der Waals surface area contributed by atoms with Crippen LogP contribution < -0.4 is 10.6 Å². The van der Waals surface area contributed by atoms with Crippen molar-refractivity contribution in [2.45, 2.75) is 32.1 Å². The molecule has 2 N–H and O–H groups in total. The van der Waals surface area contributed by atoms with Crippen LogP contribution in [0.1, 0.15) is 17.0 Å². The molecule has 1 amide bonds. The van der Waals surface area contributed by atoms with E-state index in [1.807, 2.05) is 60.9 Å². The number of benzene rings is 2. The van der Waals surface area contributed by atoms with Crippen molar-refractivity contribution in [1.82, 2.24) is 14.8 Å². The molecule has 0 aliphatic rings. The van der Waals surface area contributed by atoms with Crippen LogP contribution >= 0.6 is 23.4 Å². The zero-order valence-electron chi connectivity index (χ0n) is 17.0. The summed E-state index contributed by atoms with van der Waals surface area (Å²) in [7, 11) is 0. The summed E-state index contributed by atoms with van der Waals surface area (Å²) in [5.41, 5.74) is 3.81. The highest BCUT2D eigenvalue weighted by molar-refractivity contribution is 7.99. The van der Waals surface area contributed by atoms with E-state index in [0.717, 1.165) is 28.3 Å². The fourth-order valence-corrected chi connectivity index (χ4v) is 3.83. The number of aryl methyl sites for hydroxylation is 1. The summed E-state index contributed by atoms with van der Waals surface area (Å²) < 4.78 is 1.95. The molecule has 3 rings (SSSR count). The maximum Gasteiger partial charge on any atom is 0.234 e. The molecule has 0 fully saturated rings. The second kappa shape index (κ2) is 10.3. The van der Waals surface area contributed by atoms with Crippen molar-refractivity contribution < 1.29 is 4.79 Å². The average molecular weight is 442 g/mol. The summed E-state index contributed by atoms with van der Waals surface area (Å²) in [6.45, 7) is 8.81. The second-order valence-corrected chi connectivity index (χ2v) is 8.12. The fraction of sp³-hybridized carbons (Fsp3) is 0.227. The van der Waals surface area contributed by atoms with E-state index in [1.54, 1.807) is 6.08 Å². The number of nitrogens with one attached hydrogen (secondary N) is 2. The number of hydrogen-bond acceptors (Lipinski definition) is 5. The monoisotopic (exact) mass is 441 g/mol. The number of hydrogen-bond donors (Lipinski definition) is 2. The van der Waals surface area contributed by atoms with Crippen molar-refractivity contribution in [2.75, 3.05) is 16.4 Å². The largest absolute Gasteiger partial charge is 0.377 e. The Morgan fingerprint density at radius 3 is 2.80 bits per heavy atom. The summed E-state index contributed by atoms with van der Waals surface area (Å²) in [4.78, 5) is 12.3. The summed E-state index contributed by atoms with van der Waals surface area (Å²) in [6, 6.07) is 13.4. The fourth-order valence-electron chi connectivity index (χ4n) is 2.89. The van der Waals surface area contributed by atoms with Gasteiger partial charge in [0.2, 0.25) is 5.91 Å². The van der Waals surface area contributed by atoms with E-state index in [0.29, 0.717) is 23.3 Å². The highest BCUT2D eigenvalue weighted by Crippen LogP contribution is 2.24. The zero-order chi connectivity index (χ0) is 21.5. The molecule has 8 heteroatoms. The van der Waals surface area contributed by atoms with Crippen LogP contribution in [-0.2, 0) is 17.9 Å². The van der Waals surface area contributed by atoms with E-state index >= 15 is 0 Å². The van der Waals surface area contributed by atoms with Gasteiger partial charge in [-0.1, -0.05) is 47.6 Å². The first kappa shape index (κ1) is 21.9. The lowest BCUT2D eigenvalue weighted by Gasteiger charge is -2.12. The lowest BCUT2D eigenvalue weighted by molar-refractivity contribution is -0.113. The second-order valence-electron chi connectivity index (χ2n) is 6.77. The molecule has 0 saturated heterocycles. The van der Waals surface area contributed by atoms with E-state index < -0.39 is 0 Å². The van der Waals surface area contributed by atoms with Crippen molar-refractivity contribution in [3.05, 3.63) is 77.1 Å². The number of amides is 1. The van der Waals surface area contributed by atoms with Crippen molar-refractivity contribution in [1.29, 1.82) is 0 Å². The molecule has 0 atom stereocenters. The van der Waals surface area contributed by atoms with Gasteiger partial charge in [0.05, 0.1) is 12.3 Å². The van der Waals surface area contributed by atoms with E-state index in [1.165, 1.54) is 11.8 Å². The molecule has 2 aromatic carbocycles. The molecule has 0 aliphatic carbocycles. The molecule has 1 heterocycles. The molecule has 6 nitrogen and oxygen atoms in total. The first-order valence-corrected chi connectivity index (χ1v) is 10.9. The minimum atomic E-state index is -0.0898. The Hall–Kier alpha value is -2.77. The van der Waals surface area contributed by atoms with Crippen molar-refractivity contribution >= 4 is 40.6 Å². The first-order valence-electron chi connectivity index (χ1n) is 9.49. The molecular weight excluding hydrogens is 418 g/mol. The van der Waals surface area contributed by atoms with Gasteiger partial charge in [-0.05, 0) is 49.2 Å². The van der Waals surface area contributed by atoms with Gasteiger partial charge in [-0.2, -0.15) is 0 Å². The number of carbonyl (C=O) groups is 1. The molecule has 30 heavy (non-hydrogen) atoms. The lowest BCUT2D eigenvalue weighted by Crippen LogP contribution is -2.15. The molecule has 0 unspecified atom stereocenters. The summed E-state index contributed by atoms with van der Waals surface area (Å²) in [5, 5.41) is 16.2. The van der Waals surface area contributed by atoms with E-state index in [-0.39, 0.29) is 11.7 Å². The third-order valence-electron chi connectivity index (χ3n) is 4.44. The van der Waals surface area contributed by atoms with Crippen LogP contribution in [0.3, 0.4) is 0 Å². The number of halogens is 1. The number of rotatable bonds is 9. The number of nitrogens with zero attached hydrogens (tertiary/aromatic N) is 3. The lowest BCUT2D eigenvalue weighted by atomic mass is 10.2. The van der Waals surface area contributed by atoms with Gasteiger partial charge in [-0.25, -0.2) is 0 Å². The highest BCUT2D eigenvalue weighted by atomic mass is 35.5. The predicted molar refractivity (Wildman–Crippen MR) is 124 cm³/mol. The molecular formula is C22H24ClN5OS. The Bertz CT molecular complexity index is 1050. The van der Waals surface area contributed by atoms with Gasteiger partial charge < -0.3 is 15.2 Å². The van der Waals surface area contributed by atoms with Gasteiger partial charge in [0.25, 0.3) is 0 Å². The maximum absolute atomic E-state index is 12.3. The van der Waals surface area contributed by atoms with Gasteiger partial charge in [-0.3, -0.25) is 4.79 Å². The highest BCUT2D eigenvalue weighted by Gasteiger charge is 2.14. The summed E-state index contributed by atoms with van der Waals surface area (Å²) >= 11 is 7.54. The molecule has 0 spiro atoms. The van der Waals surface area contributed by atoms with Crippen LogP contribution in [0.15, 0.2) is 60.3 Å². The Morgan fingerprint density at radius 2 is 2.03 bits per heavy atom. The molecule has 0 saturated carbocycles. The van der Waals surface area contributed by atoms with Gasteiger partial charge in [0, 0.05) is 22.9 Å². The number of aromatic nitrogens is 3. The smallest absolute Gasteiger partial charge is 0.234 e. The van der Waals surface area contributed by atoms with E-state index in [2.05, 4.69) is 27.4 Å². The minimum absolute atomic E-state index is 0.0898. The summed E-state index contributed by atoms with van der Waals surface area (Å²) in [6.07, 6.45) is 1.79. The van der Waals surface area contributed by atoms with Crippen LogP contribution in [0.5, 0.6) is 0 Å². The van der Waals surface area contributed by atoms with Gasteiger partial charge in [0.1, 0.15) is 0 Å². The molecule has 0 bridgehead atoms. The number of anilines is 2. The molecule has 0 radical (unpaired) electrons.